The summed E-state index contributed by atoms with van der Waals surface area (Å²) in [7, 11) is 0. The zero-order chi connectivity index (χ0) is 14.3. The van der Waals surface area contributed by atoms with Gasteiger partial charge in [0.25, 0.3) is 0 Å². The number of hydrogen-bond acceptors (Lipinski definition) is 2. The van der Waals surface area contributed by atoms with Crippen LogP contribution in [0.4, 0.5) is 0 Å². The van der Waals surface area contributed by atoms with Gasteiger partial charge in [0.1, 0.15) is 6.04 Å². The van der Waals surface area contributed by atoms with E-state index in [1.807, 2.05) is 0 Å². The number of amides is 2. The van der Waals surface area contributed by atoms with Crippen LogP contribution in [0.3, 0.4) is 0 Å². The van der Waals surface area contributed by atoms with Crippen LogP contribution in [-0.2, 0) is 9.59 Å². The van der Waals surface area contributed by atoms with Gasteiger partial charge in [-0.25, -0.2) is 0 Å². The van der Waals surface area contributed by atoms with E-state index < -0.39 is 11.9 Å². The zero-order valence-electron chi connectivity index (χ0n) is 11.0. The summed E-state index contributed by atoms with van der Waals surface area (Å²) in [6, 6.07) is 5.90. The normalized spacial score (nSPS) is 11.9. The first-order valence-electron chi connectivity index (χ1n) is 6.38. The molecule has 3 N–H and O–H groups in total. The summed E-state index contributed by atoms with van der Waals surface area (Å²) in [6.45, 7) is 2.07. The van der Waals surface area contributed by atoms with Crippen molar-refractivity contribution in [2.45, 2.75) is 38.6 Å². The highest BCUT2D eigenvalue weighted by Gasteiger charge is 2.19. The molecular formula is C14H19ClN2O2. The standard InChI is InChI=1S/C14H19ClN2O2/c1-2-3-4-5-12(18)17-13(14(16)19)10-6-8-11(15)9-7-10/h6-9,13H,2-5H2,1H3,(H2,16,19)(H,17,18)/t13-/m0/s1. The molecule has 0 heterocycles. The van der Waals surface area contributed by atoms with E-state index in [0.29, 0.717) is 17.0 Å². The fraction of sp³-hybridized carbons (Fsp3) is 0.429. The van der Waals surface area contributed by atoms with Gasteiger partial charge in [0.2, 0.25) is 11.8 Å². The van der Waals surface area contributed by atoms with E-state index >= 15 is 0 Å². The first-order chi connectivity index (χ1) is 9.04. The Hall–Kier alpha value is -1.55. The fourth-order valence-electron chi connectivity index (χ4n) is 1.74. The van der Waals surface area contributed by atoms with Gasteiger partial charge < -0.3 is 11.1 Å². The Morgan fingerprint density at radius 1 is 1.26 bits per heavy atom. The molecule has 104 valence electrons. The highest BCUT2D eigenvalue weighted by atomic mass is 35.5. The molecule has 1 aromatic carbocycles. The summed E-state index contributed by atoms with van der Waals surface area (Å²) in [5.41, 5.74) is 5.96. The van der Waals surface area contributed by atoms with Gasteiger partial charge >= 0.3 is 0 Å². The molecular weight excluding hydrogens is 264 g/mol. The number of nitrogens with two attached hydrogens (primary N) is 1. The number of benzene rings is 1. The van der Waals surface area contributed by atoms with Gasteiger partial charge in [-0.05, 0) is 24.1 Å². The summed E-state index contributed by atoms with van der Waals surface area (Å²) in [6.07, 6.45) is 3.26. The summed E-state index contributed by atoms with van der Waals surface area (Å²) in [5, 5.41) is 3.23. The lowest BCUT2D eigenvalue weighted by Gasteiger charge is -2.16. The molecule has 0 bridgehead atoms. The zero-order valence-corrected chi connectivity index (χ0v) is 11.7. The Morgan fingerprint density at radius 2 is 1.89 bits per heavy atom. The number of halogens is 1. The molecule has 19 heavy (non-hydrogen) atoms. The molecule has 0 saturated carbocycles. The third-order valence-corrected chi connectivity index (χ3v) is 3.05. The smallest absolute Gasteiger partial charge is 0.244 e. The van der Waals surface area contributed by atoms with Crippen molar-refractivity contribution in [1.29, 1.82) is 0 Å². The number of carbonyl (C=O) groups excluding carboxylic acids is 2. The Labute approximate surface area is 118 Å². The fourth-order valence-corrected chi connectivity index (χ4v) is 1.87. The molecule has 0 saturated heterocycles. The average molecular weight is 283 g/mol. The van der Waals surface area contributed by atoms with Crippen molar-refractivity contribution in [2.75, 3.05) is 0 Å². The molecule has 0 aliphatic rings. The number of rotatable bonds is 7. The molecule has 0 aliphatic carbocycles. The van der Waals surface area contributed by atoms with E-state index in [-0.39, 0.29) is 5.91 Å². The molecule has 0 aromatic heterocycles. The Kier molecular flexibility index (Phi) is 6.36. The van der Waals surface area contributed by atoms with E-state index in [2.05, 4.69) is 12.2 Å². The van der Waals surface area contributed by atoms with Crippen molar-refractivity contribution in [1.82, 2.24) is 5.32 Å². The van der Waals surface area contributed by atoms with Crippen molar-refractivity contribution in [3.8, 4) is 0 Å². The lowest BCUT2D eigenvalue weighted by Crippen LogP contribution is -2.37. The topological polar surface area (TPSA) is 72.2 Å². The van der Waals surface area contributed by atoms with E-state index in [0.717, 1.165) is 19.3 Å². The number of hydrogen-bond donors (Lipinski definition) is 2. The molecule has 2 amide bonds. The maximum absolute atomic E-state index is 11.7. The van der Waals surface area contributed by atoms with Crippen molar-refractivity contribution in [3.63, 3.8) is 0 Å². The first kappa shape index (κ1) is 15.5. The van der Waals surface area contributed by atoms with Crippen LogP contribution >= 0.6 is 11.6 Å². The van der Waals surface area contributed by atoms with Gasteiger partial charge in [0.05, 0.1) is 0 Å². The molecule has 5 heteroatoms. The molecule has 1 rings (SSSR count). The average Bonchev–Trinajstić information content (AvgIpc) is 2.37. The van der Waals surface area contributed by atoms with Crippen LogP contribution in [-0.4, -0.2) is 11.8 Å². The summed E-state index contributed by atoms with van der Waals surface area (Å²) in [4.78, 5) is 23.2. The van der Waals surface area contributed by atoms with Gasteiger partial charge in [-0.15, -0.1) is 0 Å². The van der Waals surface area contributed by atoms with E-state index in [4.69, 9.17) is 17.3 Å². The number of nitrogens with one attached hydrogen (secondary N) is 1. The summed E-state index contributed by atoms with van der Waals surface area (Å²) >= 11 is 5.78. The molecule has 0 aliphatic heterocycles. The maximum atomic E-state index is 11.7. The Bertz CT molecular complexity index is 432. The number of unbranched alkanes of at least 4 members (excludes halogenated alkanes) is 2. The highest BCUT2D eigenvalue weighted by molar-refractivity contribution is 6.30. The van der Waals surface area contributed by atoms with Gasteiger partial charge in [-0.1, -0.05) is 43.5 Å². The van der Waals surface area contributed by atoms with Crippen LogP contribution in [0.1, 0.15) is 44.2 Å². The third-order valence-electron chi connectivity index (χ3n) is 2.80. The van der Waals surface area contributed by atoms with E-state index in [1.54, 1.807) is 24.3 Å². The minimum atomic E-state index is -0.800. The molecule has 0 radical (unpaired) electrons. The van der Waals surface area contributed by atoms with Gasteiger partial charge in [0.15, 0.2) is 0 Å². The van der Waals surface area contributed by atoms with E-state index in [9.17, 15) is 9.59 Å². The molecule has 1 aromatic rings. The van der Waals surface area contributed by atoms with Gasteiger partial charge in [0, 0.05) is 11.4 Å². The first-order valence-corrected chi connectivity index (χ1v) is 6.76. The lowest BCUT2D eigenvalue weighted by atomic mass is 10.1. The third kappa shape index (κ3) is 5.30. The molecule has 0 spiro atoms. The number of carbonyl (C=O) groups is 2. The van der Waals surface area contributed by atoms with E-state index in [1.165, 1.54) is 0 Å². The Balaban J connectivity index is 2.65. The van der Waals surface area contributed by atoms with Crippen LogP contribution in [0.25, 0.3) is 0 Å². The molecule has 4 nitrogen and oxygen atoms in total. The highest BCUT2D eigenvalue weighted by Crippen LogP contribution is 2.16. The molecule has 1 atom stereocenters. The second-order valence-corrected chi connectivity index (χ2v) is 4.85. The number of primary amides is 1. The predicted octanol–water partition coefficient (Wildman–Crippen LogP) is 2.56. The van der Waals surface area contributed by atoms with Crippen LogP contribution < -0.4 is 11.1 Å². The summed E-state index contributed by atoms with van der Waals surface area (Å²) in [5.74, 6) is -0.738. The SMILES string of the molecule is CCCCCC(=O)N[C@H](C(N)=O)c1ccc(Cl)cc1. The van der Waals surface area contributed by atoms with Crippen molar-refractivity contribution in [2.24, 2.45) is 5.73 Å². The quantitative estimate of drug-likeness (QED) is 0.755. The second-order valence-electron chi connectivity index (χ2n) is 4.41. The van der Waals surface area contributed by atoms with Crippen LogP contribution in [0, 0.1) is 0 Å². The second kappa shape index (κ2) is 7.79. The maximum Gasteiger partial charge on any atom is 0.244 e. The predicted molar refractivity (Wildman–Crippen MR) is 75.7 cm³/mol. The molecule has 0 unspecified atom stereocenters. The largest absolute Gasteiger partial charge is 0.368 e. The Morgan fingerprint density at radius 3 is 2.42 bits per heavy atom. The van der Waals surface area contributed by atoms with Crippen molar-refractivity contribution >= 4 is 23.4 Å². The van der Waals surface area contributed by atoms with Crippen LogP contribution in [0.15, 0.2) is 24.3 Å². The van der Waals surface area contributed by atoms with Gasteiger partial charge in [-0.3, -0.25) is 9.59 Å². The lowest BCUT2D eigenvalue weighted by molar-refractivity contribution is -0.127. The van der Waals surface area contributed by atoms with Crippen LogP contribution in [0.2, 0.25) is 5.02 Å². The monoisotopic (exact) mass is 282 g/mol. The van der Waals surface area contributed by atoms with Gasteiger partial charge in [-0.2, -0.15) is 0 Å². The molecule has 0 fully saturated rings. The minimum Gasteiger partial charge on any atom is -0.368 e. The van der Waals surface area contributed by atoms with Crippen LogP contribution in [0.5, 0.6) is 0 Å². The van der Waals surface area contributed by atoms with Crippen molar-refractivity contribution < 1.29 is 9.59 Å². The summed E-state index contributed by atoms with van der Waals surface area (Å²) < 4.78 is 0. The minimum absolute atomic E-state index is 0.160. The van der Waals surface area contributed by atoms with Crippen molar-refractivity contribution in [3.05, 3.63) is 34.9 Å².